The molecule has 0 bridgehead atoms. The van der Waals surface area contributed by atoms with Gasteiger partial charge in [0, 0.05) is 26.2 Å². The third-order valence-electron chi connectivity index (χ3n) is 2.62. The van der Waals surface area contributed by atoms with Crippen molar-refractivity contribution in [1.82, 2.24) is 9.47 Å². The molecule has 0 aliphatic heterocycles. The van der Waals surface area contributed by atoms with E-state index in [9.17, 15) is 20.0 Å². The van der Waals surface area contributed by atoms with Crippen LogP contribution in [-0.2, 0) is 6.54 Å². The van der Waals surface area contributed by atoms with Gasteiger partial charge < -0.3 is 14.6 Å². The minimum atomic E-state index is -1.01. The maximum atomic E-state index is 12.2. The number of carbonyl (C=O) groups excluding carboxylic acids is 1. The number of aryl methyl sites for hydroxylation is 1. The molecule has 106 valence electrons. The van der Waals surface area contributed by atoms with Gasteiger partial charge in [0.1, 0.15) is 5.69 Å². The van der Waals surface area contributed by atoms with Crippen LogP contribution in [0.3, 0.4) is 0 Å². The number of nitrogens with zero attached hydrogens (tertiary/aromatic N) is 3. The third kappa shape index (κ3) is 3.78. The quantitative estimate of drug-likeness (QED) is 0.643. The summed E-state index contributed by atoms with van der Waals surface area (Å²) in [4.78, 5) is 23.8. The zero-order valence-corrected chi connectivity index (χ0v) is 11.6. The van der Waals surface area contributed by atoms with Gasteiger partial charge in [0.05, 0.1) is 16.7 Å². The molecule has 0 fully saturated rings. The minimum Gasteiger partial charge on any atom is -0.389 e. The smallest absolute Gasteiger partial charge is 0.287 e. The molecule has 19 heavy (non-hydrogen) atoms. The molecule has 7 nitrogen and oxygen atoms in total. The van der Waals surface area contributed by atoms with Crippen molar-refractivity contribution in [1.29, 1.82) is 0 Å². The van der Waals surface area contributed by atoms with Gasteiger partial charge in [0.2, 0.25) is 0 Å². The van der Waals surface area contributed by atoms with Crippen molar-refractivity contribution < 1.29 is 14.8 Å². The van der Waals surface area contributed by atoms with Gasteiger partial charge in [0.15, 0.2) is 0 Å². The molecule has 0 aliphatic rings. The Morgan fingerprint density at radius 3 is 2.58 bits per heavy atom. The second-order valence-corrected chi connectivity index (χ2v) is 5.10. The van der Waals surface area contributed by atoms with Gasteiger partial charge in [0.25, 0.3) is 11.6 Å². The van der Waals surface area contributed by atoms with E-state index in [1.807, 2.05) is 0 Å². The summed E-state index contributed by atoms with van der Waals surface area (Å²) in [5.74, 6) is -0.350. The Morgan fingerprint density at radius 2 is 2.16 bits per heavy atom. The van der Waals surface area contributed by atoms with Gasteiger partial charge in [-0.2, -0.15) is 0 Å². The molecule has 1 aromatic rings. The van der Waals surface area contributed by atoms with Gasteiger partial charge in [-0.25, -0.2) is 0 Å². The van der Waals surface area contributed by atoms with Gasteiger partial charge in [-0.3, -0.25) is 14.9 Å². The number of likely N-dealkylation sites (N-methyl/N-ethyl adjacent to an activating group) is 1. The summed E-state index contributed by atoms with van der Waals surface area (Å²) in [6, 6.07) is 1.26. The van der Waals surface area contributed by atoms with E-state index < -0.39 is 10.5 Å². The largest absolute Gasteiger partial charge is 0.389 e. The fraction of sp³-hybridized carbons (Fsp3) is 0.583. The van der Waals surface area contributed by atoms with E-state index in [2.05, 4.69) is 0 Å². The van der Waals surface area contributed by atoms with Crippen LogP contribution in [-0.4, -0.2) is 44.6 Å². The van der Waals surface area contributed by atoms with Crippen LogP contribution in [0.15, 0.2) is 12.3 Å². The number of hydrogen-bond donors (Lipinski definition) is 1. The van der Waals surface area contributed by atoms with Crippen molar-refractivity contribution in [3.63, 3.8) is 0 Å². The average Bonchev–Trinajstić information content (AvgIpc) is 2.69. The highest BCUT2D eigenvalue weighted by Gasteiger charge is 2.24. The highest BCUT2D eigenvalue weighted by molar-refractivity contribution is 5.93. The summed E-state index contributed by atoms with van der Waals surface area (Å²) in [5.41, 5.74) is -0.872. The van der Waals surface area contributed by atoms with Crippen molar-refractivity contribution in [3.05, 3.63) is 28.1 Å². The molecule has 0 radical (unpaired) electrons. The first kappa shape index (κ1) is 15.2. The molecule has 0 atom stereocenters. The van der Waals surface area contributed by atoms with Crippen LogP contribution in [0.5, 0.6) is 0 Å². The second-order valence-electron chi connectivity index (χ2n) is 5.10. The fourth-order valence-corrected chi connectivity index (χ4v) is 1.88. The molecule has 1 aromatic heterocycles. The SMILES string of the molecule is CCn1cc([N+](=O)[O-])cc1C(=O)N(C)CC(C)(C)O. The van der Waals surface area contributed by atoms with Gasteiger partial charge >= 0.3 is 0 Å². The molecule has 0 aliphatic carbocycles. The van der Waals surface area contributed by atoms with E-state index in [0.717, 1.165) is 0 Å². The molecular weight excluding hydrogens is 250 g/mol. The van der Waals surface area contributed by atoms with Crippen LogP contribution in [0, 0.1) is 10.1 Å². The van der Waals surface area contributed by atoms with Crippen LogP contribution in [0.4, 0.5) is 5.69 Å². The summed E-state index contributed by atoms with van der Waals surface area (Å²) in [6.07, 6.45) is 1.34. The number of aromatic nitrogens is 1. The van der Waals surface area contributed by atoms with Gasteiger partial charge in [-0.15, -0.1) is 0 Å². The molecule has 1 amide bonds. The Morgan fingerprint density at radius 1 is 1.58 bits per heavy atom. The molecule has 7 heteroatoms. The number of amides is 1. The van der Waals surface area contributed by atoms with Crippen molar-refractivity contribution in [2.45, 2.75) is 32.9 Å². The molecular formula is C12H19N3O4. The molecule has 1 rings (SSSR count). The lowest BCUT2D eigenvalue weighted by atomic mass is 10.1. The molecule has 0 saturated carbocycles. The summed E-state index contributed by atoms with van der Waals surface area (Å²) in [6.45, 7) is 5.60. The summed E-state index contributed by atoms with van der Waals surface area (Å²) >= 11 is 0. The van der Waals surface area contributed by atoms with Crippen LogP contribution in [0.2, 0.25) is 0 Å². The topological polar surface area (TPSA) is 88.6 Å². The Labute approximate surface area is 111 Å². The minimum absolute atomic E-state index is 0.109. The first-order valence-corrected chi connectivity index (χ1v) is 5.98. The van der Waals surface area contributed by atoms with Gasteiger partial charge in [-0.1, -0.05) is 0 Å². The summed E-state index contributed by atoms with van der Waals surface area (Å²) in [7, 11) is 1.55. The van der Waals surface area contributed by atoms with E-state index in [0.29, 0.717) is 6.54 Å². The van der Waals surface area contributed by atoms with Crippen LogP contribution in [0.25, 0.3) is 0 Å². The van der Waals surface area contributed by atoms with Crippen molar-refractivity contribution in [3.8, 4) is 0 Å². The molecule has 0 unspecified atom stereocenters. The van der Waals surface area contributed by atoms with Crippen molar-refractivity contribution >= 4 is 11.6 Å². The van der Waals surface area contributed by atoms with E-state index in [1.165, 1.54) is 21.7 Å². The first-order chi connectivity index (χ1) is 8.65. The zero-order valence-electron chi connectivity index (χ0n) is 11.6. The maximum Gasteiger partial charge on any atom is 0.287 e. The van der Waals surface area contributed by atoms with Crippen molar-refractivity contribution in [2.75, 3.05) is 13.6 Å². The Hall–Kier alpha value is -1.89. The lowest BCUT2D eigenvalue weighted by molar-refractivity contribution is -0.384. The zero-order chi connectivity index (χ0) is 14.8. The third-order valence-corrected chi connectivity index (χ3v) is 2.62. The van der Waals surface area contributed by atoms with Crippen LogP contribution < -0.4 is 0 Å². The van der Waals surface area contributed by atoms with E-state index in [4.69, 9.17) is 0 Å². The van der Waals surface area contributed by atoms with E-state index in [1.54, 1.807) is 27.8 Å². The van der Waals surface area contributed by atoms with E-state index in [-0.39, 0.29) is 23.8 Å². The summed E-state index contributed by atoms with van der Waals surface area (Å²) < 4.78 is 1.53. The predicted molar refractivity (Wildman–Crippen MR) is 70.0 cm³/mol. The number of hydrogen-bond acceptors (Lipinski definition) is 4. The highest BCUT2D eigenvalue weighted by atomic mass is 16.6. The Bertz CT molecular complexity index is 488. The monoisotopic (exact) mass is 269 g/mol. The Kier molecular flexibility index (Phi) is 4.31. The molecule has 0 saturated heterocycles. The van der Waals surface area contributed by atoms with Gasteiger partial charge in [-0.05, 0) is 20.8 Å². The number of aliphatic hydroxyl groups is 1. The normalized spacial score (nSPS) is 11.4. The maximum absolute atomic E-state index is 12.2. The molecule has 0 aromatic carbocycles. The number of carbonyl (C=O) groups is 1. The fourth-order valence-electron chi connectivity index (χ4n) is 1.88. The molecule has 1 N–H and O–H groups in total. The molecule has 1 heterocycles. The lowest BCUT2D eigenvalue weighted by Gasteiger charge is -2.25. The second kappa shape index (κ2) is 5.40. The number of nitro groups is 1. The lowest BCUT2D eigenvalue weighted by Crippen LogP contribution is -2.40. The predicted octanol–water partition coefficient (Wildman–Crippen LogP) is 1.26. The standard InChI is InChI=1S/C12H19N3O4/c1-5-14-7-9(15(18)19)6-10(14)11(16)13(4)8-12(2,3)17/h6-7,17H,5,8H2,1-4H3. The van der Waals surface area contributed by atoms with E-state index >= 15 is 0 Å². The average molecular weight is 269 g/mol. The van der Waals surface area contributed by atoms with Crippen LogP contribution >= 0.6 is 0 Å². The highest BCUT2D eigenvalue weighted by Crippen LogP contribution is 2.18. The number of rotatable bonds is 5. The first-order valence-electron chi connectivity index (χ1n) is 5.98. The molecule has 0 spiro atoms. The van der Waals surface area contributed by atoms with Crippen molar-refractivity contribution in [2.24, 2.45) is 0 Å². The summed E-state index contributed by atoms with van der Waals surface area (Å²) in [5, 5.41) is 20.4. The Balaban J connectivity index is 3.01. The van der Waals surface area contributed by atoms with Crippen LogP contribution in [0.1, 0.15) is 31.3 Å².